The summed E-state index contributed by atoms with van der Waals surface area (Å²) in [6, 6.07) is 11.6. The molecule has 7 nitrogen and oxygen atoms in total. The van der Waals surface area contributed by atoms with Crippen LogP contribution in [0.1, 0.15) is 23.0 Å². The summed E-state index contributed by atoms with van der Waals surface area (Å²) in [6.45, 7) is 0.416. The van der Waals surface area contributed by atoms with Crippen LogP contribution in [0.4, 0.5) is 8.78 Å². The Morgan fingerprint density at radius 3 is 2.49 bits per heavy atom. The quantitative estimate of drug-likeness (QED) is 0.374. The lowest BCUT2D eigenvalue weighted by Crippen LogP contribution is -2.40. The lowest BCUT2D eigenvalue weighted by Gasteiger charge is -2.24. The fourth-order valence-corrected chi connectivity index (χ4v) is 3.66. The Balaban J connectivity index is 1.90. The molecule has 3 rings (SSSR count). The van der Waals surface area contributed by atoms with E-state index < -0.39 is 24.0 Å². The topological polar surface area (TPSA) is 89.9 Å². The summed E-state index contributed by atoms with van der Waals surface area (Å²) in [5, 5.41) is 13.9. The zero-order valence-corrected chi connectivity index (χ0v) is 21.2. The van der Waals surface area contributed by atoms with Gasteiger partial charge in [0.1, 0.15) is 30.5 Å². The van der Waals surface area contributed by atoms with Crippen LogP contribution in [-0.2, 0) is 5.60 Å². The minimum absolute atomic E-state index is 0.0980. The molecule has 1 amide bonds. The molecule has 0 saturated heterocycles. The van der Waals surface area contributed by atoms with Gasteiger partial charge in [0.25, 0.3) is 5.91 Å². The van der Waals surface area contributed by atoms with Crippen LogP contribution < -0.4 is 19.5 Å². The lowest BCUT2D eigenvalue weighted by molar-refractivity contribution is 0.0773. The number of rotatable bonds is 10. The van der Waals surface area contributed by atoms with Crippen molar-refractivity contribution in [2.75, 3.05) is 34.0 Å². The maximum Gasteiger partial charge on any atom is 0.251 e. The minimum atomic E-state index is -1.87. The molecule has 37 heavy (non-hydrogen) atoms. The molecule has 0 radical (unpaired) electrons. The Labute approximate surface area is 218 Å². The average molecular weight is 531 g/mol. The van der Waals surface area contributed by atoms with E-state index >= 15 is 0 Å². The number of pyridine rings is 1. The lowest BCUT2D eigenvalue weighted by atomic mass is 9.98. The molecule has 1 atom stereocenters. The van der Waals surface area contributed by atoms with Gasteiger partial charge in [0, 0.05) is 11.1 Å². The van der Waals surface area contributed by atoms with Crippen LogP contribution >= 0.6 is 11.6 Å². The number of carbonyl (C=O) groups excluding carboxylic acids is 1. The van der Waals surface area contributed by atoms with Gasteiger partial charge in [-0.1, -0.05) is 17.5 Å². The molecule has 0 saturated carbocycles. The monoisotopic (exact) mass is 530 g/mol. The van der Waals surface area contributed by atoms with E-state index in [1.165, 1.54) is 63.6 Å². The van der Waals surface area contributed by atoms with E-state index in [2.05, 4.69) is 22.1 Å². The number of hydrogen-bond donors (Lipinski definition) is 2. The Morgan fingerprint density at radius 2 is 1.84 bits per heavy atom. The first-order valence-corrected chi connectivity index (χ1v) is 11.5. The Kier molecular flexibility index (Phi) is 9.28. The smallest absolute Gasteiger partial charge is 0.251 e. The molecule has 1 aromatic heterocycles. The standard InChI is InChI=1S/C27H25ClF2N2O5/c1-4-11-27(34,16-31-26(33)18-6-8-21(37-13-12-29)23(15-18)36-3)24-10-9-22(35-2)25(32-24)17-5-7-20(30)19(28)14-17/h5-10,14-15,34H,12-13,16H2,1-3H3,(H,31,33). The first-order chi connectivity index (χ1) is 17.8. The molecule has 194 valence electrons. The van der Waals surface area contributed by atoms with Crippen molar-refractivity contribution in [3.8, 4) is 40.3 Å². The van der Waals surface area contributed by atoms with E-state index in [-0.39, 0.29) is 35.2 Å². The first-order valence-electron chi connectivity index (χ1n) is 11.1. The molecule has 2 N–H and O–H groups in total. The van der Waals surface area contributed by atoms with Crippen molar-refractivity contribution >= 4 is 17.5 Å². The van der Waals surface area contributed by atoms with E-state index in [0.717, 1.165) is 0 Å². The summed E-state index contributed by atoms with van der Waals surface area (Å²) in [5.41, 5.74) is -0.753. The van der Waals surface area contributed by atoms with Gasteiger partial charge in [0.05, 0.1) is 31.5 Å². The van der Waals surface area contributed by atoms with Crippen molar-refractivity contribution in [3.63, 3.8) is 0 Å². The third-order valence-corrected chi connectivity index (χ3v) is 5.58. The molecule has 10 heteroatoms. The molecule has 2 aromatic carbocycles. The number of halogens is 3. The van der Waals surface area contributed by atoms with Gasteiger partial charge in [0.15, 0.2) is 17.1 Å². The second-order valence-electron chi connectivity index (χ2n) is 7.70. The number of hydrogen-bond acceptors (Lipinski definition) is 6. The highest BCUT2D eigenvalue weighted by molar-refractivity contribution is 6.31. The van der Waals surface area contributed by atoms with Gasteiger partial charge in [-0.25, -0.2) is 13.8 Å². The van der Waals surface area contributed by atoms with Crippen LogP contribution in [0.2, 0.25) is 5.02 Å². The molecule has 0 aliphatic heterocycles. The zero-order chi connectivity index (χ0) is 27.0. The van der Waals surface area contributed by atoms with Gasteiger partial charge in [-0.05, 0) is 55.5 Å². The molecule has 0 fully saturated rings. The predicted molar refractivity (Wildman–Crippen MR) is 135 cm³/mol. The van der Waals surface area contributed by atoms with Crippen molar-refractivity contribution in [2.45, 2.75) is 12.5 Å². The van der Waals surface area contributed by atoms with Crippen LogP contribution in [0.25, 0.3) is 11.3 Å². The number of aromatic nitrogens is 1. The Bertz CT molecular complexity index is 1340. The molecule has 0 spiro atoms. The van der Waals surface area contributed by atoms with Crippen molar-refractivity contribution in [2.24, 2.45) is 0 Å². The molecule has 0 bridgehead atoms. The third kappa shape index (κ3) is 6.47. The number of carbonyl (C=O) groups is 1. The van der Waals surface area contributed by atoms with E-state index in [4.69, 9.17) is 25.8 Å². The van der Waals surface area contributed by atoms with Gasteiger partial charge in [-0.3, -0.25) is 4.79 Å². The molecule has 1 unspecified atom stereocenters. The highest BCUT2D eigenvalue weighted by Gasteiger charge is 2.31. The van der Waals surface area contributed by atoms with E-state index in [0.29, 0.717) is 22.8 Å². The molecule has 0 aliphatic carbocycles. The van der Waals surface area contributed by atoms with Crippen LogP contribution in [-0.4, -0.2) is 50.0 Å². The first kappa shape index (κ1) is 27.7. The maximum atomic E-state index is 13.7. The number of benzene rings is 2. The summed E-state index contributed by atoms with van der Waals surface area (Å²) in [6.07, 6.45) is 0. The second-order valence-corrected chi connectivity index (χ2v) is 8.10. The fourth-order valence-electron chi connectivity index (χ4n) is 3.48. The van der Waals surface area contributed by atoms with E-state index in [9.17, 15) is 18.7 Å². The highest BCUT2D eigenvalue weighted by atomic mass is 35.5. The van der Waals surface area contributed by atoms with Crippen molar-refractivity contribution < 1.29 is 32.9 Å². The molecule has 1 heterocycles. The number of ether oxygens (including phenoxy) is 3. The number of amides is 1. The van der Waals surface area contributed by atoms with Gasteiger partial charge >= 0.3 is 0 Å². The fraction of sp³-hybridized carbons (Fsp3) is 0.259. The van der Waals surface area contributed by atoms with E-state index in [1.54, 1.807) is 6.07 Å². The predicted octanol–water partition coefficient (Wildman–Crippen LogP) is 4.55. The maximum absolute atomic E-state index is 13.7. The van der Waals surface area contributed by atoms with Crippen LogP contribution in [0, 0.1) is 17.7 Å². The summed E-state index contributed by atoms with van der Waals surface area (Å²) < 4.78 is 42.0. The Hall–Kier alpha value is -3.87. The normalized spacial score (nSPS) is 12.1. The summed E-state index contributed by atoms with van der Waals surface area (Å²) in [5.74, 6) is 5.16. The minimum Gasteiger partial charge on any atom is -0.494 e. The van der Waals surface area contributed by atoms with Gasteiger partial charge in [-0.15, -0.1) is 5.92 Å². The van der Waals surface area contributed by atoms with Gasteiger partial charge in [0.2, 0.25) is 0 Å². The zero-order valence-electron chi connectivity index (χ0n) is 20.4. The summed E-state index contributed by atoms with van der Waals surface area (Å²) in [4.78, 5) is 17.4. The summed E-state index contributed by atoms with van der Waals surface area (Å²) in [7, 11) is 2.85. The van der Waals surface area contributed by atoms with Crippen LogP contribution in [0.3, 0.4) is 0 Å². The van der Waals surface area contributed by atoms with Gasteiger partial charge < -0.3 is 24.6 Å². The highest BCUT2D eigenvalue weighted by Crippen LogP contribution is 2.33. The molecular weight excluding hydrogens is 506 g/mol. The van der Waals surface area contributed by atoms with Crippen LogP contribution in [0.5, 0.6) is 17.2 Å². The largest absolute Gasteiger partial charge is 0.494 e. The van der Waals surface area contributed by atoms with Crippen LogP contribution in [0.15, 0.2) is 48.5 Å². The number of nitrogens with one attached hydrogen (secondary N) is 1. The molecule has 0 aliphatic rings. The number of nitrogens with zero attached hydrogens (tertiary/aromatic N) is 1. The third-order valence-electron chi connectivity index (χ3n) is 5.29. The van der Waals surface area contributed by atoms with E-state index in [1.807, 2.05) is 0 Å². The number of alkyl halides is 1. The SMILES string of the molecule is CC#CC(O)(CNC(=O)c1ccc(OCCF)c(OC)c1)c1ccc(OC)c(-c2ccc(F)c(Cl)c2)n1. The van der Waals surface area contributed by atoms with Crippen molar-refractivity contribution in [3.05, 3.63) is 70.6 Å². The number of methoxy groups -OCH3 is 2. The number of aliphatic hydroxyl groups is 1. The van der Waals surface area contributed by atoms with Crippen molar-refractivity contribution in [1.82, 2.24) is 10.3 Å². The van der Waals surface area contributed by atoms with Gasteiger partial charge in [-0.2, -0.15) is 0 Å². The average Bonchev–Trinajstić information content (AvgIpc) is 2.91. The second kappa shape index (κ2) is 12.4. The summed E-state index contributed by atoms with van der Waals surface area (Å²) >= 11 is 5.94. The molecular formula is C27H25ClF2N2O5. The van der Waals surface area contributed by atoms with Crippen molar-refractivity contribution in [1.29, 1.82) is 0 Å². The molecule has 3 aromatic rings. The Morgan fingerprint density at radius 1 is 1.11 bits per heavy atom.